The Hall–Kier alpha value is -3.11. The van der Waals surface area contributed by atoms with Crippen molar-refractivity contribution in [1.29, 1.82) is 0 Å². The summed E-state index contributed by atoms with van der Waals surface area (Å²) in [5.74, 6) is 0.459. The molecule has 0 aliphatic carbocycles. The molecule has 0 aliphatic heterocycles. The Morgan fingerprint density at radius 1 is 0.931 bits per heavy atom. The van der Waals surface area contributed by atoms with Crippen LogP contribution in [0.5, 0.6) is 5.75 Å². The Kier molecular flexibility index (Phi) is 5.36. The summed E-state index contributed by atoms with van der Waals surface area (Å²) in [7, 11) is 0. The van der Waals surface area contributed by atoms with Gasteiger partial charge < -0.3 is 14.8 Å². The van der Waals surface area contributed by atoms with Gasteiger partial charge in [-0.15, -0.1) is 0 Å². The molecule has 1 unspecified atom stereocenters. The maximum Gasteiger partial charge on any atom is 0.129 e. The number of aliphatic hydroxyl groups is 1. The summed E-state index contributed by atoms with van der Waals surface area (Å²) in [4.78, 5) is 3.37. The molecule has 29 heavy (non-hydrogen) atoms. The normalized spacial score (nSPS) is 12.4. The number of halogens is 1. The lowest BCUT2D eigenvalue weighted by Crippen LogP contribution is -2.07. The maximum absolute atomic E-state index is 13.5. The zero-order chi connectivity index (χ0) is 20.4. The van der Waals surface area contributed by atoms with E-state index in [2.05, 4.69) is 4.98 Å². The predicted octanol–water partition coefficient (Wildman–Crippen LogP) is 6.24. The van der Waals surface area contributed by atoms with Gasteiger partial charge in [0.1, 0.15) is 18.2 Å². The molecule has 0 saturated heterocycles. The van der Waals surface area contributed by atoms with Crippen LogP contribution in [0.4, 0.5) is 4.39 Å². The number of nitrogens with one attached hydrogen (secondary N) is 1. The minimum Gasteiger partial charge on any atom is -0.488 e. The molecule has 4 aromatic rings. The fourth-order valence-corrected chi connectivity index (χ4v) is 3.56. The summed E-state index contributed by atoms with van der Waals surface area (Å²) in [6.07, 6.45) is -0.676. The molecule has 2 N–H and O–H groups in total. The number of benzene rings is 3. The number of fused-ring (bicyclic) bond motifs is 1. The molecule has 1 atom stereocenters. The molecule has 3 nitrogen and oxygen atoms in total. The second-order valence-corrected chi connectivity index (χ2v) is 7.56. The minimum atomic E-state index is -0.676. The van der Waals surface area contributed by atoms with Gasteiger partial charge in [-0.25, -0.2) is 4.39 Å². The van der Waals surface area contributed by atoms with E-state index in [-0.39, 0.29) is 11.7 Å². The quantitative estimate of drug-likeness (QED) is 0.410. The van der Waals surface area contributed by atoms with Crippen molar-refractivity contribution in [3.63, 3.8) is 0 Å². The van der Waals surface area contributed by atoms with Crippen LogP contribution in [-0.2, 0) is 6.61 Å². The van der Waals surface area contributed by atoms with E-state index in [0.29, 0.717) is 6.61 Å². The first-order chi connectivity index (χ1) is 14.0. The highest BCUT2D eigenvalue weighted by Gasteiger charge is 2.24. The number of hydrogen-bond acceptors (Lipinski definition) is 2. The van der Waals surface area contributed by atoms with Crippen LogP contribution >= 0.6 is 0 Å². The minimum absolute atomic E-state index is 0.0240. The molecule has 1 aromatic heterocycles. The molecule has 1 heterocycles. The number of ether oxygens (including phenoxy) is 1. The summed E-state index contributed by atoms with van der Waals surface area (Å²) in [5.41, 5.74) is 4.36. The summed E-state index contributed by atoms with van der Waals surface area (Å²) in [6.45, 7) is 4.38. The highest BCUT2D eigenvalue weighted by atomic mass is 19.1. The van der Waals surface area contributed by atoms with Gasteiger partial charge in [0, 0.05) is 10.9 Å². The van der Waals surface area contributed by atoms with E-state index < -0.39 is 6.10 Å². The van der Waals surface area contributed by atoms with Crippen molar-refractivity contribution in [3.05, 3.63) is 89.9 Å². The van der Waals surface area contributed by atoms with Crippen LogP contribution < -0.4 is 4.74 Å². The van der Waals surface area contributed by atoms with Crippen LogP contribution in [0, 0.1) is 11.7 Å². The summed E-state index contributed by atoms with van der Waals surface area (Å²) in [5, 5.41) is 11.7. The smallest absolute Gasteiger partial charge is 0.129 e. The third-order valence-electron chi connectivity index (χ3n) is 5.11. The van der Waals surface area contributed by atoms with E-state index in [1.165, 1.54) is 12.1 Å². The number of aromatic nitrogens is 1. The fraction of sp³-hybridized carbons (Fsp3) is 0.200. The summed E-state index contributed by atoms with van der Waals surface area (Å²) >= 11 is 0. The first-order valence-corrected chi connectivity index (χ1v) is 9.80. The largest absolute Gasteiger partial charge is 0.488 e. The van der Waals surface area contributed by atoms with Gasteiger partial charge in [-0.05, 0) is 41.3 Å². The van der Waals surface area contributed by atoms with E-state index in [4.69, 9.17) is 4.74 Å². The first kappa shape index (κ1) is 19.2. The van der Waals surface area contributed by atoms with Crippen molar-refractivity contribution in [3.8, 4) is 16.9 Å². The van der Waals surface area contributed by atoms with Crippen molar-refractivity contribution in [1.82, 2.24) is 4.98 Å². The van der Waals surface area contributed by atoms with Gasteiger partial charge in [-0.2, -0.15) is 0 Å². The van der Waals surface area contributed by atoms with Gasteiger partial charge in [0.2, 0.25) is 0 Å². The number of H-pyrrole nitrogens is 1. The van der Waals surface area contributed by atoms with Gasteiger partial charge >= 0.3 is 0 Å². The van der Waals surface area contributed by atoms with Crippen molar-refractivity contribution >= 4 is 10.9 Å². The third kappa shape index (κ3) is 3.89. The van der Waals surface area contributed by atoms with Crippen LogP contribution in [0.3, 0.4) is 0 Å². The Bertz CT molecular complexity index is 1100. The maximum atomic E-state index is 13.5. The molecule has 4 heteroatoms. The SMILES string of the molecule is CC(C)C(O)c1[nH]c2cccc(OCc3ccccc3)c2c1-c1ccc(F)cc1. The van der Waals surface area contributed by atoms with Gasteiger partial charge in [0.05, 0.1) is 17.3 Å². The second-order valence-electron chi connectivity index (χ2n) is 7.56. The molecule has 0 fully saturated rings. The topological polar surface area (TPSA) is 45.2 Å². The zero-order valence-corrected chi connectivity index (χ0v) is 16.5. The standard InChI is InChI=1S/C25H24FNO2/c1-16(2)25(28)24-22(18-11-13-19(26)14-12-18)23-20(27-24)9-6-10-21(23)29-15-17-7-4-3-5-8-17/h3-14,16,25,27-28H,15H2,1-2H3. The molecule has 0 spiro atoms. The molecule has 3 aromatic carbocycles. The van der Waals surface area contributed by atoms with Gasteiger partial charge in [0.15, 0.2) is 0 Å². The van der Waals surface area contributed by atoms with Gasteiger partial charge in [-0.1, -0.05) is 62.4 Å². The summed E-state index contributed by atoms with van der Waals surface area (Å²) in [6, 6.07) is 22.2. The highest BCUT2D eigenvalue weighted by Crippen LogP contribution is 2.42. The van der Waals surface area contributed by atoms with Crippen molar-refractivity contribution in [2.75, 3.05) is 0 Å². The molecule has 0 aliphatic rings. The van der Waals surface area contributed by atoms with Crippen molar-refractivity contribution < 1.29 is 14.2 Å². The number of hydrogen-bond donors (Lipinski definition) is 2. The Labute approximate surface area is 169 Å². The molecule has 4 rings (SSSR count). The molecule has 0 saturated carbocycles. The van der Waals surface area contributed by atoms with Gasteiger partial charge in [0.25, 0.3) is 0 Å². The van der Waals surface area contributed by atoms with E-state index in [1.54, 1.807) is 12.1 Å². The zero-order valence-electron chi connectivity index (χ0n) is 16.5. The lowest BCUT2D eigenvalue weighted by Gasteiger charge is -2.16. The van der Waals surface area contributed by atoms with Crippen molar-refractivity contribution in [2.24, 2.45) is 5.92 Å². The van der Waals surface area contributed by atoms with Crippen LogP contribution in [0.15, 0.2) is 72.8 Å². The van der Waals surface area contributed by atoms with E-state index >= 15 is 0 Å². The predicted molar refractivity (Wildman–Crippen MR) is 114 cm³/mol. The number of aromatic amines is 1. The van der Waals surface area contributed by atoms with Gasteiger partial charge in [-0.3, -0.25) is 0 Å². The Balaban J connectivity index is 1.86. The molecular weight excluding hydrogens is 365 g/mol. The highest BCUT2D eigenvalue weighted by molar-refractivity contribution is 6.01. The van der Waals surface area contributed by atoms with Crippen molar-refractivity contribution in [2.45, 2.75) is 26.6 Å². The number of rotatable bonds is 6. The van der Waals surface area contributed by atoms with Crippen LogP contribution in [0.2, 0.25) is 0 Å². The molecular formula is C25H24FNO2. The van der Waals surface area contributed by atoms with Crippen LogP contribution in [0.1, 0.15) is 31.2 Å². The average Bonchev–Trinajstić information content (AvgIpc) is 3.13. The van der Waals surface area contributed by atoms with E-state index in [0.717, 1.165) is 39.0 Å². The molecule has 148 valence electrons. The molecule has 0 bridgehead atoms. The van der Waals surface area contributed by atoms with Crippen LogP contribution in [0.25, 0.3) is 22.0 Å². The monoisotopic (exact) mass is 389 g/mol. The van der Waals surface area contributed by atoms with Crippen LogP contribution in [-0.4, -0.2) is 10.1 Å². The Morgan fingerprint density at radius 2 is 1.66 bits per heavy atom. The summed E-state index contributed by atoms with van der Waals surface area (Å²) < 4.78 is 19.7. The van der Waals surface area contributed by atoms with E-state index in [9.17, 15) is 9.50 Å². The molecule has 0 amide bonds. The van der Waals surface area contributed by atoms with E-state index in [1.807, 2.05) is 62.4 Å². The third-order valence-corrected chi connectivity index (χ3v) is 5.11. The first-order valence-electron chi connectivity index (χ1n) is 9.80. The lowest BCUT2D eigenvalue weighted by atomic mass is 9.95. The fourth-order valence-electron chi connectivity index (χ4n) is 3.56. The lowest BCUT2D eigenvalue weighted by molar-refractivity contribution is 0.124. The Morgan fingerprint density at radius 3 is 2.34 bits per heavy atom. The molecule has 0 radical (unpaired) electrons. The second kappa shape index (κ2) is 8.10. The number of aliphatic hydroxyl groups excluding tert-OH is 1. The average molecular weight is 389 g/mol.